The summed E-state index contributed by atoms with van der Waals surface area (Å²) in [7, 11) is 1.57. The van der Waals surface area contributed by atoms with E-state index in [2.05, 4.69) is 26.0 Å². The molecule has 3 aromatic rings. The van der Waals surface area contributed by atoms with E-state index in [1.54, 1.807) is 7.11 Å². The number of hydrogen-bond donors (Lipinski definition) is 4. The van der Waals surface area contributed by atoms with Crippen molar-refractivity contribution in [1.82, 2.24) is 20.6 Å². The highest BCUT2D eigenvalue weighted by atomic mass is 16.5. The van der Waals surface area contributed by atoms with Crippen LogP contribution in [0.1, 0.15) is 12.0 Å². The first kappa shape index (κ1) is 18.8. The van der Waals surface area contributed by atoms with Gasteiger partial charge in [-0.25, -0.2) is 15.3 Å². The Morgan fingerprint density at radius 2 is 2.07 bits per heavy atom. The summed E-state index contributed by atoms with van der Waals surface area (Å²) in [5.41, 5.74) is 1.82. The molecule has 0 fully saturated rings. The topological polar surface area (TPSA) is 141 Å². The van der Waals surface area contributed by atoms with E-state index < -0.39 is 11.2 Å². The average molecular weight is 382 g/mol. The summed E-state index contributed by atoms with van der Waals surface area (Å²) in [4.78, 5) is 36.3. The maximum absolute atomic E-state index is 11.9. The molecule has 0 spiro atoms. The van der Waals surface area contributed by atoms with Gasteiger partial charge in [0.2, 0.25) is 11.7 Å². The first-order chi connectivity index (χ1) is 13.6. The Bertz CT molecular complexity index is 1130. The number of ether oxygens (including phenoxy) is 1. The predicted molar refractivity (Wildman–Crippen MR) is 105 cm³/mol. The third kappa shape index (κ3) is 4.41. The summed E-state index contributed by atoms with van der Waals surface area (Å²) in [5, 5.41) is 14.3. The quantitative estimate of drug-likeness (QED) is 0.348. The van der Waals surface area contributed by atoms with E-state index in [1.165, 1.54) is 6.21 Å². The average Bonchev–Trinajstić information content (AvgIpc) is 2.69. The molecule has 2 aromatic carbocycles. The largest absolute Gasteiger partial charge is 0.496 e. The molecule has 0 aliphatic carbocycles. The van der Waals surface area contributed by atoms with Gasteiger partial charge in [-0.1, -0.05) is 30.3 Å². The fourth-order valence-corrected chi connectivity index (χ4v) is 2.57. The lowest BCUT2D eigenvalue weighted by Gasteiger charge is -2.08. The monoisotopic (exact) mass is 382 g/mol. The number of hydrogen-bond acceptors (Lipinski definition) is 7. The summed E-state index contributed by atoms with van der Waals surface area (Å²) in [6, 6.07) is 11.6. The SMILES string of the molecule is COc1ccc2ccccc2c1/C=N/NC(=O)CCNc1n[nH]c(=O)[nH]c1=O. The number of benzene rings is 2. The number of aromatic amines is 2. The number of carbonyl (C=O) groups is 1. The highest BCUT2D eigenvalue weighted by molar-refractivity contribution is 6.02. The van der Waals surface area contributed by atoms with Gasteiger partial charge in [0.1, 0.15) is 5.75 Å². The number of H-pyrrole nitrogens is 2. The second-order valence-corrected chi connectivity index (χ2v) is 5.73. The minimum absolute atomic E-state index is 0.0459. The zero-order valence-electron chi connectivity index (χ0n) is 15.0. The molecule has 0 aliphatic rings. The molecule has 0 atom stereocenters. The predicted octanol–water partition coefficient (Wildman–Crippen LogP) is 0.572. The zero-order valence-corrected chi connectivity index (χ0v) is 15.0. The van der Waals surface area contributed by atoms with Crippen LogP contribution < -0.4 is 26.7 Å². The molecule has 1 heterocycles. The molecule has 1 amide bonds. The molecule has 0 aliphatic heterocycles. The van der Waals surface area contributed by atoms with Crippen LogP contribution in [0.2, 0.25) is 0 Å². The number of methoxy groups -OCH3 is 1. The summed E-state index contributed by atoms with van der Waals surface area (Å²) in [5.74, 6) is 0.210. The number of carbonyl (C=O) groups excluding carboxylic acids is 1. The molecule has 0 unspecified atom stereocenters. The van der Waals surface area contributed by atoms with Gasteiger partial charge in [-0.15, -0.1) is 5.10 Å². The summed E-state index contributed by atoms with van der Waals surface area (Å²) < 4.78 is 5.37. The van der Waals surface area contributed by atoms with E-state index in [4.69, 9.17) is 4.74 Å². The molecule has 10 nitrogen and oxygen atoms in total. The van der Waals surface area contributed by atoms with Crippen molar-refractivity contribution in [2.75, 3.05) is 19.0 Å². The Morgan fingerprint density at radius 3 is 2.86 bits per heavy atom. The lowest BCUT2D eigenvalue weighted by molar-refractivity contribution is -0.120. The van der Waals surface area contributed by atoms with Crippen molar-refractivity contribution in [2.45, 2.75) is 6.42 Å². The number of amides is 1. The third-order valence-electron chi connectivity index (χ3n) is 3.89. The van der Waals surface area contributed by atoms with Crippen LogP contribution in [0, 0.1) is 0 Å². The minimum Gasteiger partial charge on any atom is -0.496 e. The van der Waals surface area contributed by atoms with E-state index in [9.17, 15) is 14.4 Å². The smallest absolute Gasteiger partial charge is 0.342 e. The second kappa shape index (κ2) is 8.62. The second-order valence-electron chi connectivity index (χ2n) is 5.73. The lowest BCUT2D eigenvalue weighted by atomic mass is 10.0. The number of anilines is 1. The molecule has 28 heavy (non-hydrogen) atoms. The van der Waals surface area contributed by atoms with Gasteiger partial charge >= 0.3 is 5.69 Å². The fraction of sp³-hybridized carbons (Fsp3) is 0.167. The van der Waals surface area contributed by atoms with Crippen molar-refractivity contribution in [3.05, 3.63) is 62.8 Å². The van der Waals surface area contributed by atoms with E-state index in [0.717, 1.165) is 16.3 Å². The molecule has 144 valence electrons. The molecule has 0 radical (unpaired) electrons. The number of fused-ring (bicyclic) bond motifs is 1. The highest BCUT2D eigenvalue weighted by Gasteiger charge is 2.07. The molecule has 10 heteroatoms. The van der Waals surface area contributed by atoms with Crippen molar-refractivity contribution in [3.63, 3.8) is 0 Å². The van der Waals surface area contributed by atoms with Gasteiger partial charge in [-0.3, -0.25) is 14.6 Å². The van der Waals surface area contributed by atoms with Crippen molar-refractivity contribution in [2.24, 2.45) is 5.10 Å². The molecule has 0 bridgehead atoms. The molecule has 3 rings (SSSR count). The van der Waals surface area contributed by atoms with Crippen molar-refractivity contribution in [3.8, 4) is 5.75 Å². The standard InChI is InChI=1S/C18H18N6O4/c1-28-14-7-6-11-4-2-3-5-12(11)13(14)10-20-22-15(25)8-9-19-16-17(26)21-18(27)24-23-16/h2-7,10H,8-9H2,1H3,(H,19,23)(H,22,25)(H2,21,24,26,27)/b20-10+. The molecule has 4 N–H and O–H groups in total. The van der Waals surface area contributed by atoms with Gasteiger partial charge in [0.25, 0.3) is 5.56 Å². The van der Waals surface area contributed by atoms with Crippen LogP contribution in [0.5, 0.6) is 5.75 Å². The maximum atomic E-state index is 11.9. The molecular weight excluding hydrogens is 364 g/mol. The Balaban J connectivity index is 1.60. The van der Waals surface area contributed by atoms with E-state index in [1.807, 2.05) is 41.4 Å². The Morgan fingerprint density at radius 1 is 1.25 bits per heavy atom. The fourth-order valence-electron chi connectivity index (χ4n) is 2.57. The van der Waals surface area contributed by atoms with Gasteiger partial charge in [0.05, 0.1) is 13.3 Å². The maximum Gasteiger partial charge on any atom is 0.342 e. The summed E-state index contributed by atoms with van der Waals surface area (Å²) in [6.45, 7) is 0.140. The van der Waals surface area contributed by atoms with Gasteiger partial charge in [0, 0.05) is 18.5 Å². The third-order valence-corrected chi connectivity index (χ3v) is 3.89. The number of nitrogens with zero attached hydrogens (tertiary/aromatic N) is 2. The van der Waals surface area contributed by atoms with E-state index in [0.29, 0.717) is 5.75 Å². The van der Waals surface area contributed by atoms with Crippen LogP contribution in [0.25, 0.3) is 10.8 Å². The normalized spacial score (nSPS) is 10.9. The first-order valence-electron chi connectivity index (χ1n) is 8.39. The van der Waals surface area contributed by atoms with Crippen molar-refractivity contribution < 1.29 is 9.53 Å². The van der Waals surface area contributed by atoms with Gasteiger partial charge < -0.3 is 10.1 Å². The zero-order chi connectivity index (χ0) is 19.9. The number of nitrogens with one attached hydrogen (secondary N) is 4. The minimum atomic E-state index is -0.702. The van der Waals surface area contributed by atoms with Crippen LogP contribution in [0.15, 0.2) is 51.1 Å². The lowest BCUT2D eigenvalue weighted by Crippen LogP contribution is -2.28. The Kier molecular flexibility index (Phi) is 5.80. The van der Waals surface area contributed by atoms with Crippen LogP contribution in [-0.2, 0) is 4.79 Å². The highest BCUT2D eigenvalue weighted by Crippen LogP contribution is 2.26. The van der Waals surface area contributed by atoms with E-state index >= 15 is 0 Å². The van der Waals surface area contributed by atoms with E-state index in [-0.39, 0.29) is 24.7 Å². The Labute approximate surface area is 158 Å². The number of hydrazone groups is 1. The summed E-state index contributed by atoms with van der Waals surface area (Å²) in [6.07, 6.45) is 1.57. The molecular formula is C18H18N6O4. The van der Waals surface area contributed by atoms with Crippen molar-refractivity contribution >= 4 is 28.7 Å². The Hall–Kier alpha value is -3.95. The molecule has 0 saturated heterocycles. The van der Waals surface area contributed by atoms with Crippen molar-refractivity contribution in [1.29, 1.82) is 0 Å². The summed E-state index contributed by atoms with van der Waals surface area (Å²) >= 11 is 0. The van der Waals surface area contributed by atoms with Gasteiger partial charge in [-0.05, 0) is 16.8 Å². The number of rotatable bonds is 7. The van der Waals surface area contributed by atoms with Crippen LogP contribution in [-0.4, -0.2) is 41.0 Å². The van der Waals surface area contributed by atoms with Crippen LogP contribution in [0.3, 0.4) is 0 Å². The van der Waals surface area contributed by atoms with Gasteiger partial charge in [0.15, 0.2) is 0 Å². The van der Waals surface area contributed by atoms with Crippen LogP contribution in [0.4, 0.5) is 5.82 Å². The molecule has 1 aromatic heterocycles. The molecule has 0 saturated carbocycles. The number of aromatic nitrogens is 3. The van der Waals surface area contributed by atoms with Gasteiger partial charge in [-0.2, -0.15) is 5.10 Å². The first-order valence-corrected chi connectivity index (χ1v) is 8.39. The van der Waals surface area contributed by atoms with Crippen LogP contribution >= 0.6 is 0 Å².